The Morgan fingerprint density at radius 1 is 1.29 bits per heavy atom. The lowest BCUT2D eigenvalue weighted by atomic mass is 10.1. The second-order valence-electron chi connectivity index (χ2n) is 6.63. The maximum absolute atomic E-state index is 12.7. The Morgan fingerprint density at radius 2 is 2.11 bits per heavy atom. The number of ether oxygens (including phenoxy) is 1. The number of amides is 2. The molecule has 28 heavy (non-hydrogen) atoms. The Labute approximate surface area is 160 Å². The van der Waals surface area contributed by atoms with Crippen molar-refractivity contribution in [3.63, 3.8) is 0 Å². The number of benzene rings is 2. The Kier molecular flexibility index (Phi) is 4.56. The first-order valence-corrected chi connectivity index (χ1v) is 8.81. The highest BCUT2D eigenvalue weighted by molar-refractivity contribution is 6.07. The molecule has 2 N–H and O–H groups in total. The zero-order valence-electron chi connectivity index (χ0n) is 15.8. The van der Waals surface area contributed by atoms with E-state index >= 15 is 0 Å². The molecule has 4 aromatic rings. The van der Waals surface area contributed by atoms with Crippen LogP contribution in [-0.2, 0) is 0 Å². The number of furan rings is 1. The summed E-state index contributed by atoms with van der Waals surface area (Å²) in [7, 11) is 3.28. The van der Waals surface area contributed by atoms with E-state index in [1.54, 1.807) is 25.1 Å². The number of aromatic nitrogens is 4. The topological polar surface area (TPSA) is 109 Å². The van der Waals surface area contributed by atoms with Crippen molar-refractivity contribution in [1.29, 1.82) is 0 Å². The van der Waals surface area contributed by atoms with Crippen LogP contribution in [0, 0.1) is 0 Å². The summed E-state index contributed by atoms with van der Waals surface area (Å²) in [6.07, 6.45) is 0. The average molecular weight is 380 g/mol. The summed E-state index contributed by atoms with van der Waals surface area (Å²) < 4.78 is 11.4. The molecule has 1 atom stereocenters. The van der Waals surface area contributed by atoms with Gasteiger partial charge in [-0.3, -0.25) is 0 Å². The van der Waals surface area contributed by atoms with E-state index in [-0.39, 0.29) is 11.9 Å². The van der Waals surface area contributed by atoms with Crippen LogP contribution < -0.4 is 10.1 Å². The van der Waals surface area contributed by atoms with E-state index < -0.39 is 0 Å². The van der Waals surface area contributed by atoms with Gasteiger partial charge in [0.25, 0.3) is 0 Å². The first kappa shape index (κ1) is 17.8. The van der Waals surface area contributed by atoms with Crippen molar-refractivity contribution in [2.75, 3.05) is 26.0 Å². The van der Waals surface area contributed by atoms with Crippen LogP contribution in [0.3, 0.4) is 0 Å². The summed E-state index contributed by atoms with van der Waals surface area (Å²) in [6.45, 7) is 2.36. The number of H-pyrrole nitrogens is 1. The third-order valence-electron chi connectivity index (χ3n) is 4.64. The van der Waals surface area contributed by atoms with Crippen molar-refractivity contribution >= 4 is 33.7 Å². The third kappa shape index (κ3) is 3.22. The van der Waals surface area contributed by atoms with E-state index in [4.69, 9.17) is 9.15 Å². The first-order valence-electron chi connectivity index (χ1n) is 8.81. The van der Waals surface area contributed by atoms with Crippen LogP contribution >= 0.6 is 0 Å². The molecular formula is C19H20N6O3. The van der Waals surface area contributed by atoms with E-state index in [0.717, 1.165) is 16.4 Å². The normalized spacial score (nSPS) is 12.2. The van der Waals surface area contributed by atoms with Crippen molar-refractivity contribution < 1.29 is 13.9 Å². The quantitative estimate of drug-likeness (QED) is 0.549. The van der Waals surface area contributed by atoms with Gasteiger partial charge in [0.05, 0.1) is 12.8 Å². The minimum atomic E-state index is -0.274. The zero-order chi connectivity index (χ0) is 19.7. The molecule has 144 valence electrons. The molecule has 2 amide bonds. The number of likely N-dealkylation sites (N-methyl/N-ethyl adjacent to an activating group) is 1. The number of nitrogens with zero attached hydrogens (tertiary/aromatic N) is 4. The van der Waals surface area contributed by atoms with Gasteiger partial charge in [-0.1, -0.05) is 30.3 Å². The summed E-state index contributed by atoms with van der Waals surface area (Å²) in [4.78, 5) is 14.2. The van der Waals surface area contributed by atoms with Crippen LogP contribution in [0.25, 0.3) is 21.9 Å². The fourth-order valence-electron chi connectivity index (χ4n) is 3.18. The molecule has 2 aromatic heterocycles. The fraction of sp³-hybridized carbons (Fsp3) is 0.263. The number of urea groups is 1. The number of rotatable bonds is 5. The molecule has 0 radical (unpaired) electrons. The number of para-hydroxylation sites is 1. The Hall–Kier alpha value is -3.62. The molecule has 2 aromatic carbocycles. The van der Waals surface area contributed by atoms with Crippen LogP contribution in [0.2, 0.25) is 0 Å². The van der Waals surface area contributed by atoms with Gasteiger partial charge in [0.2, 0.25) is 0 Å². The molecule has 0 aliphatic carbocycles. The van der Waals surface area contributed by atoms with E-state index in [1.165, 1.54) is 0 Å². The summed E-state index contributed by atoms with van der Waals surface area (Å²) in [5.41, 5.74) is 2.01. The Balaban J connectivity index is 1.57. The molecule has 9 heteroatoms. The number of fused-ring (bicyclic) bond motifs is 3. The lowest BCUT2D eigenvalue weighted by Gasteiger charge is -2.21. The van der Waals surface area contributed by atoms with E-state index in [1.807, 2.05) is 37.3 Å². The number of methoxy groups -OCH3 is 1. The molecule has 0 aliphatic rings. The number of carbonyl (C=O) groups excluding carboxylic acids is 1. The molecule has 0 bridgehead atoms. The highest BCUT2D eigenvalue weighted by atomic mass is 16.5. The molecule has 0 spiro atoms. The lowest BCUT2D eigenvalue weighted by molar-refractivity contribution is 0.219. The van der Waals surface area contributed by atoms with Crippen LogP contribution in [-0.4, -0.2) is 52.3 Å². The minimum Gasteiger partial charge on any atom is -0.495 e. The second kappa shape index (κ2) is 7.18. The van der Waals surface area contributed by atoms with Crippen molar-refractivity contribution in [3.8, 4) is 5.75 Å². The standard InChI is InChI=1S/C19H20N6O3/c1-11(18-21-23-24-22-18)10-25(2)19(26)20-14-9-16-13(8-17(14)27-3)12-6-4-5-7-15(12)28-16/h4-9,11H,10H2,1-3H3,(H,20,26)(H,21,22,23,24)/t11-/m0/s1. The van der Waals surface area contributed by atoms with Gasteiger partial charge in [-0.25, -0.2) is 4.79 Å². The molecule has 9 nitrogen and oxygen atoms in total. The monoisotopic (exact) mass is 380 g/mol. The van der Waals surface area contributed by atoms with Gasteiger partial charge in [-0.05, 0) is 12.1 Å². The zero-order valence-corrected chi connectivity index (χ0v) is 15.8. The number of hydrogen-bond acceptors (Lipinski definition) is 6. The second-order valence-corrected chi connectivity index (χ2v) is 6.63. The molecule has 0 saturated heterocycles. The number of tetrazole rings is 1. The van der Waals surface area contributed by atoms with Crippen molar-refractivity contribution in [2.24, 2.45) is 0 Å². The van der Waals surface area contributed by atoms with E-state index in [0.29, 0.717) is 29.4 Å². The molecule has 0 saturated carbocycles. The van der Waals surface area contributed by atoms with Crippen LogP contribution in [0.1, 0.15) is 18.7 Å². The molecule has 2 heterocycles. The first-order chi connectivity index (χ1) is 13.6. The molecule has 0 fully saturated rings. The van der Waals surface area contributed by atoms with Crippen LogP contribution in [0.4, 0.5) is 10.5 Å². The minimum absolute atomic E-state index is 0.0609. The summed E-state index contributed by atoms with van der Waals surface area (Å²) in [5, 5.41) is 18.7. The van der Waals surface area contributed by atoms with E-state index in [2.05, 4.69) is 25.9 Å². The lowest BCUT2D eigenvalue weighted by Crippen LogP contribution is -2.34. The van der Waals surface area contributed by atoms with Gasteiger partial charge < -0.3 is 19.4 Å². The maximum atomic E-state index is 12.7. The molecule has 0 aliphatic heterocycles. The van der Waals surface area contributed by atoms with Gasteiger partial charge in [-0.15, -0.1) is 10.2 Å². The maximum Gasteiger partial charge on any atom is 0.321 e. The molecule has 0 unspecified atom stereocenters. The predicted octanol–water partition coefficient (Wildman–Crippen LogP) is 3.38. The summed E-state index contributed by atoms with van der Waals surface area (Å²) in [6, 6.07) is 11.2. The smallest absolute Gasteiger partial charge is 0.321 e. The SMILES string of the molecule is COc1cc2c(cc1NC(=O)N(C)C[C@H](C)c1nn[nH]n1)oc1ccccc12. The van der Waals surface area contributed by atoms with Crippen molar-refractivity contribution in [1.82, 2.24) is 25.5 Å². The van der Waals surface area contributed by atoms with Crippen LogP contribution in [0.15, 0.2) is 40.8 Å². The van der Waals surface area contributed by atoms with Crippen molar-refractivity contribution in [3.05, 3.63) is 42.2 Å². The highest BCUT2D eigenvalue weighted by Crippen LogP contribution is 2.36. The largest absolute Gasteiger partial charge is 0.495 e. The Bertz CT molecular complexity index is 1120. The van der Waals surface area contributed by atoms with Gasteiger partial charge in [0.15, 0.2) is 5.82 Å². The van der Waals surface area contributed by atoms with E-state index in [9.17, 15) is 4.79 Å². The van der Waals surface area contributed by atoms with Crippen LogP contribution in [0.5, 0.6) is 5.75 Å². The average Bonchev–Trinajstić information content (AvgIpc) is 3.35. The molecular weight excluding hydrogens is 360 g/mol. The predicted molar refractivity (Wildman–Crippen MR) is 105 cm³/mol. The third-order valence-corrected chi connectivity index (χ3v) is 4.64. The van der Waals surface area contributed by atoms with Gasteiger partial charge in [0.1, 0.15) is 16.9 Å². The Morgan fingerprint density at radius 3 is 2.86 bits per heavy atom. The number of anilines is 1. The highest BCUT2D eigenvalue weighted by Gasteiger charge is 2.19. The number of hydrogen-bond donors (Lipinski definition) is 2. The molecule has 4 rings (SSSR count). The number of nitrogens with one attached hydrogen (secondary N) is 2. The van der Waals surface area contributed by atoms with Crippen molar-refractivity contribution in [2.45, 2.75) is 12.8 Å². The fourth-order valence-corrected chi connectivity index (χ4v) is 3.18. The number of aromatic amines is 1. The summed E-state index contributed by atoms with van der Waals surface area (Å²) in [5.74, 6) is 1.06. The van der Waals surface area contributed by atoms with Gasteiger partial charge >= 0.3 is 6.03 Å². The van der Waals surface area contributed by atoms with Gasteiger partial charge in [-0.2, -0.15) is 5.21 Å². The summed E-state index contributed by atoms with van der Waals surface area (Å²) >= 11 is 0. The van der Waals surface area contributed by atoms with Gasteiger partial charge in [0, 0.05) is 36.3 Å². The number of carbonyl (C=O) groups is 1.